The maximum Gasteiger partial charge on any atom is 0.243 e. The van der Waals surface area contributed by atoms with Crippen LogP contribution >= 0.6 is 11.6 Å². The molecule has 0 saturated carbocycles. The van der Waals surface area contributed by atoms with E-state index in [1.807, 2.05) is 32.0 Å². The van der Waals surface area contributed by atoms with Gasteiger partial charge in [-0.3, -0.25) is 0 Å². The molecule has 0 saturated heterocycles. The van der Waals surface area contributed by atoms with Crippen LogP contribution in [0.4, 0.5) is 5.95 Å². The van der Waals surface area contributed by atoms with Crippen LogP contribution in [0.25, 0.3) is 0 Å². The molecule has 1 heterocycles. The van der Waals surface area contributed by atoms with Crippen LogP contribution in [0.1, 0.15) is 13.8 Å². The van der Waals surface area contributed by atoms with Gasteiger partial charge < -0.3 is 14.8 Å². The lowest BCUT2D eigenvalue weighted by Crippen LogP contribution is -2.03. The fourth-order valence-corrected chi connectivity index (χ4v) is 1.71. The average Bonchev–Trinajstić information content (AvgIpc) is 2.45. The number of anilines is 1. The molecular weight excluding hydrogens is 278 g/mol. The van der Waals surface area contributed by atoms with Crippen molar-refractivity contribution in [1.29, 1.82) is 0 Å². The lowest BCUT2D eigenvalue weighted by atomic mass is 10.3. The van der Waals surface area contributed by atoms with Crippen LogP contribution in [0.3, 0.4) is 0 Å². The van der Waals surface area contributed by atoms with Gasteiger partial charge in [0.05, 0.1) is 12.8 Å². The summed E-state index contributed by atoms with van der Waals surface area (Å²) in [4.78, 5) is 8.29. The second-order valence-corrected chi connectivity index (χ2v) is 4.27. The SMILES string of the molecule is CCNc1ncc(Cl)c(Oc2ccccc2OCC)n1. The molecule has 0 atom stereocenters. The van der Waals surface area contributed by atoms with Crippen LogP contribution in [-0.2, 0) is 0 Å². The number of rotatable bonds is 6. The Kier molecular flexibility index (Phi) is 5.01. The van der Waals surface area contributed by atoms with Gasteiger partial charge in [0.25, 0.3) is 0 Å². The van der Waals surface area contributed by atoms with Crippen LogP contribution < -0.4 is 14.8 Å². The third-order valence-electron chi connectivity index (χ3n) is 2.40. The van der Waals surface area contributed by atoms with Crippen molar-refractivity contribution in [2.45, 2.75) is 13.8 Å². The summed E-state index contributed by atoms with van der Waals surface area (Å²) < 4.78 is 11.2. The number of hydrogen-bond acceptors (Lipinski definition) is 5. The highest BCUT2D eigenvalue weighted by atomic mass is 35.5. The molecule has 106 valence electrons. The normalized spacial score (nSPS) is 10.2. The number of benzene rings is 1. The van der Waals surface area contributed by atoms with Gasteiger partial charge in [0.15, 0.2) is 11.5 Å². The zero-order valence-corrected chi connectivity index (χ0v) is 12.1. The number of halogens is 1. The maximum absolute atomic E-state index is 6.06. The van der Waals surface area contributed by atoms with Crippen molar-refractivity contribution in [3.63, 3.8) is 0 Å². The molecule has 0 spiro atoms. The minimum Gasteiger partial charge on any atom is -0.490 e. The van der Waals surface area contributed by atoms with Gasteiger partial charge in [0, 0.05) is 6.54 Å². The number of nitrogens with one attached hydrogen (secondary N) is 1. The molecule has 0 aliphatic carbocycles. The fraction of sp³-hybridized carbons (Fsp3) is 0.286. The molecule has 2 aromatic rings. The van der Waals surface area contributed by atoms with Crippen molar-refractivity contribution >= 4 is 17.5 Å². The van der Waals surface area contributed by atoms with Gasteiger partial charge in [0.2, 0.25) is 11.8 Å². The third-order valence-corrected chi connectivity index (χ3v) is 2.66. The monoisotopic (exact) mass is 293 g/mol. The van der Waals surface area contributed by atoms with Gasteiger partial charge >= 0.3 is 0 Å². The number of ether oxygens (including phenoxy) is 2. The molecule has 0 fully saturated rings. The van der Waals surface area contributed by atoms with Gasteiger partial charge in [-0.25, -0.2) is 4.98 Å². The Balaban J connectivity index is 2.27. The summed E-state index contributed by atoms with van der Waals surface area (Å²) in [6.07, 6.45) is 1.51. The highest BCUT2D eigenvalue weighted by Gasteiger charge is 2.11. The van der Waals surface area contributed by atoms with Crippen LogP contribution in [0.5, 0.6) is 17.4 Å². The molecule has 0 unspecified atom stereocenters. The molecule has 0 aliphatic rings. The molecule has 5 nitrogen and oxygen atoms in total. The summed E-state index contributed by atoms with van der Waals surface area (Å²) >= 11 is 6.06. The third kappa shape index (κ3) is 3.51. The molecular formula is C14H16ClN3O2. The van der Waals surface area contributed by atoms with E-state index in [9.17, 15) is 0 Å². The second kappa shape index (κ2) is 6.96. The van der Waals surface area contributed by atoms with Crippen LogP contribution in [-0.4, -0.2) is 23.1 Å². The van der Waals surface area contributed by atoms with E-state index < -0.39 is 0 Å². The van der Waals surface area contributed by atoms with E-state index >= 15 is 0 Å². The summed E-state index contributed by atoms with van der Waals surface area (Å²) in [6.45, 7) is 5.15. The zero-order valence-electron chi connectivity index (χ0n) is 11.4. The minimum absolute atomic E-state index is 0.296. The summed E-state index contributed by atoms with van der Waals surface area (Å²) in [5.74, 6) is 1.98. The topological polar surface area (TPSA) is 56.3 Å². The Morgan fingerprint density at radius 1 is 1.20 bits per heavy atom. The quantitative estimate of drug-likeness (QED) is 0.879. The first kappa shape index (κ1) is 14.4. The molecule has 0 aliphatic heterocycles. The predicted octanol–water partition coefficient (Wildman–Crippen LogP) is 3.75. The molecule has 20 heavy (non-hydrogen) atoms. The Bertz CT molecular complexity index is 578. The average molecular weight is 294 g/mol. The van der Waals surface area contributed by atoms with E-state index in [1.54, 1.807) is 6.07 Å². The molecule has 0 bridgehead atoms. The highest BCUT2D eigenvalue weighted by Crippen LogP contribution is 2.33. The van der Waals surface area contributed by atoms with Gasteiger partial charge in [-0.15, -0.1) is 0 Å². The standard InChI is InChI=1S/C14H16ClN3O2/c1-3-16-14-17-9-10(15)13(18-14)20-12-8-6-5-7-11(12)19-4-2/h5-9H,3-4H2,1-2H3,(H,16,17,18). The molecule has 1 aromatic carbocycles. The van der Waals surface area contributed by atoms with E-state index in [2.05, 4.69) is 15.3 Å². The summed E-state index contributed by atoms with van der Waals surface area (Å²) in [7, 11) is 0. The first-order valence-corrected chi connectivity index (χ1v) is 6.78. The number of nitrogens with zero attached hydrogens (tertiary/aromatic N) is 2. The van der Waals surface area contributed by atoms with Crippen LogP contribution in [0.15, 0.2) is 30.5 Å². The largest absolute Gasteiger partial charge is 0.490 e. The molecule has 0 amide bonds. The number of aromatic nitrogens is 2. The smallest absolute Gasteiger partial charge is 0.243 e. The van der Waals surface area contributed by atoms with Gasteiger partial charge in [-0.05, 0) is 26.0 Å². The van der Waals surface area contributed by atoms with E-state index in [1.165, 1.54) is 6.20 Å². The Labute approximate surface area is 122 Å². The van der Waals surface area contributed by atoms with E-state index in [0.717, 1.165) is 6.54 Å². The molecule has 1 N–H and O–H groups in total. The van der Waals surface area contributed by atoms with Gasteiger partial charge in [-0.1, -0.05) is 23.7 Å². The Morgan fingerprint density at radius 3 is 2.65 bits per heavy atom. The van der Waals surface area contributed by atoms with Crippen molar-refractivity contribution < 1.29 is 9.47 Å². The Hall–Kier alpha value is -2.01. The van der Waals surface area contributed by atoms with E-state index in [-0.39, 0.29) is 0 Å². The van der Waals surface area contributed by atoms with Crippen molar-refractivity contribution in [2.75, 3.05) is 18.5 Å². The van der Waals surface area contributed by atoms with Crippen LogP contribution in [0.2, 0.25) is 5.02 Å². The summed E-state index contributed by atoms with van der Waals surface area (Å²) in [5, 5.41) is 3.35. The van der Waals surface area contributed by atoms with Crippen molar-refractivity contribution in [1.82, 2.24) is 9.97 Å². The minimum atomic E-state index is 0.296. The van der Waals surface area contributed by atoms with Crippen molar-refractivity contribution in [2.24, 2.45) is 0 Å². The van der Waals surface area contributed by atoms with Crippen molar-refractivity contribution in [3.05, 3.63) is 35.5 Å². The predicted molar refractivity (Wildman–Crippen MR) is 78.9 cm³/mol. The fourth-order valence-electron chi connectivity index (χ4n) is 1.58. The lowest BCUT2D eigenvalue weighted by molar-refractivity contribution is 0.319. The van der Waals surface area contributed by atoms with Crippen molar-refractivity contribution in [3.8, 4) is 17.4 Å². The maximum atomic E-state index is 6.06. The van der Waals surface area contributed by atoms with E-state index in [4.69, 9.17) is 21.1 Å². The first-order valence-electron chi connectivity index (χ1n) is 6.40. The van der Waals surface area contributed by atoms with Crippen LogP contribution in [0, 0.1) is 0 Å². The zero-order chi connectivity index (χ0) is 14.4. The summed E-state index contributed by atoms with van der Waals surface area (Å²) in [6, 6.07) is 7.37. The first-order chi connectivity index (χ1) is 9.74. The lowest BCUT2D eigenvalue weighted by Gasteiger charge is -2.12. The molecule has 0 radical (unpaired) electrons. The molecule has 6 heteroatoms. The number of para-hydroxylation sites is 2. The van der Waals surface area contributed by atoms with Gasteiger partial charge in [0.1, 0.15) is 5.02 Å². The Morgan fingerprint density at radius 2 is 1.95 bits per heavy atom. The molecule has 1 aromatic heterocycles. The second-order valence-electron chi connectivity index (χ2n) is 3.86. The van der Waals surface area contributed by atoms with E-state index in [0.29, 0.717) is 35.0 Å². The summed E-state index contributed by atoms with van der Waals surface area (Å²) in [5.41, 5.74) is 0. The molecule has 2 rings (SSSR count). The van der Waals surface area contributed by atoms with Gasteiger partial charge in [-0.2, -0.15) is 4.98 Å². The number of hydrogen-bond donors (Lipinski definition) is 1. The highest BCUT2D eigenvalue weighted by molar-refractivity contribution is 6.31.